The van der Waals surface area contributed by atoms with Gasteiger partial charge in [0.25, 0.3) is 4.38 Å². The number of rotatable bonds is 0. The van der Waals surface area contributed by atoms with Crippen molar-refractivity contribution in [3.05, 3.63) is 0 Å². The first-order valence-electron chi connectivity index (χ1n) is 2.20. The largest absolute Gasteiger partial charge is 0.266 e. The van der Waals surface area contributed by atoms with E-state index in [2.05, 4.69) is 24.3 Å². The monoisotopic (exact) mass is 134 g/mol. The van der Waals surface area contributed by atoms with Crippen LogP contribution in [0.3, 0.4) is 0 Å². The summed E-state index contributed by atoms with van der Waals surface area (Å²) in [5.74, 6) is 1.20. The Balaban J connectivity index is 2.64. The van der Waals surface area contributed by atoms with Crippen LogP contribution in [0.2, 0.25) is 0 Å². The predicted octanol–water partition coefficient (Wildman–Crippen LogP) is 0.661. The van der Waals surface area contributed by atoms with Crippen LogP contribution in [-0.4, -0.2) is 28.3 Å². The molecule has 0 radical (unpaired) electrons. The van der Waals surface area contributed by atoms with Gasteiger partial charge in [-0.15, -0.1) is 0 Å². The average Bonchev–Trinajstić information content (AvgIpc) is 1.91. The van der Waals surface area contributed by atoms with Gasteiger partial charge in [0.15, 0.2) is 6.54 Å². The molecule has 1 nitrogen and oxygen atoms in total. The molecule has 0 saturated heterocycles. The van der Waals surface area contributed by atoms with Crippen molar-refractivity contribution in [3.63, 3.8) is 0 Å². The zero-order valence-corrected chi connectivity index (χ0v) is 5.93. The summed E-state index contributed by atoms with van der Waals surface area (Å²) in [5, 5.41) is 0. The van der Waals surface area contributed by atoms with Gasteiger partial charge in [-0.05, 0) is 11.8 Å². The molecule has 0 aromatic carbocycles. The molecule has 0 aromatic rings. The average molecular weight is 134 g/mol. The molecule has 0 unspecified atom stereocenters. The highest BCUT2D eigenvalue weighted by Crippen LogP contribution is 2.11. The van der Waals surface area contributed by atoms with Gasteiger partial charge in [0.05, 0.1) is 5.75 Å². The van der Waals surface area contributed by atoms with E-state index in [4.69, 9.17) is 0 Å². The molecule has 1 aliphatic heterocycles. The van der Waals surface area contributed by atoms with E-state index in [9.17, 15) is 0 Å². The lowest BCUT2D eigenvalue weighted by molar-refractivity contribution is -0.483. The molecular weight excluding hydrogens is 126 g/mol. The summed E-state index contributed by atoms with van der Waals surface area (Å²) in [4.78, 5) is 0. The Labute approximate surface area is 53.2 Å². The van der Waals surface area contributed by atoms with E-state index < -0.39 is 0 Å². The van der Waals surface area contributed by atoms with Crippen molar-refractivity contribution in [2.45, 2.75) is 0 Å². The molecule has 40 valence electrons. The number of thiol groups is 1. The van der Waals surface area contributed by atoms with E-state index in [1.54, 1.807) is 0 Å². The van der Waals surface area contributed by atoms with Crippen LogP contribution < -0.4 is 0 Å². The van der Waals surface area contributed by atoms with Gasteiger partial charge in [0, 0.05) is 0 Å². The zero-order chi connectivity index (χ0) is 5.28. The summed E-state index contributed by atoms with van der Waals surface area (Å²) in [5.41, 5.74) is 0. The van der Waals surface area contributed by atoms with Crippen molar-refractivity contribution in [2.75, 3.05) is 19.3 Å². The van der Waals surface area contributed by atoms with Crippen molar-refractivity contribution in [1.82, 2.24) is 0 Å². The molecule has 0 aromatic heterocycles. The molecule has 1 rings (SSSR count). The summed E-state index contributed by atoms with van der Waals surface area (Å²) >= 11 is 6.01. The zero-order valence-electron chi connectivity index (χ0n) is 4.22. The van der Waals surface area contributed by atoms with Gasteiger partial charge in [-0.1, -0.05) is 12.6 Å². The second kappa shape index (κ2) is 2.09. The number of thioether (sulfide) groups is 1. The van der Waals surface area contributed by atoms with Crippen LogP contribution in [0.4, 0.5) is 0 Å². The highest BCUT2D eigenvalue weighted by Gasteiger charge is 2.13. The first-order chi connectivity index (χ1) is 3.30. The van der Waals surface area contributed by atoms with E-state index in [0.29, 0.717) is 0 Å². The third-order valence-corrected chi connectivity index (χ3v) is 2.67. The Hall–Kier alpha value is 0.370. The molecule has 0 atom stereocenters. The minimum atomic E-state index is 1.15. The van der Waals surface area contributed by atoms with Gasteiger partial charge in [-0.3, -0.25) is 0 Å². The first-order valence-corrected chi connectivity index (χ1v) is 3.64. The number of nitrogens with zero attached hydrogens (tertiary/aromatic N) is 1. The number of hydrogen-bond acceptors (Lipinski definition) is 1. The van der Waals surface area contributed by atoms with E-state index >= 15 is 0 Å². The Morgan fingerprint density at radius 1 is 1.86 bits per heavy atom. The Morgan fingerprint density at radius 2 is 2.57 bits per heavy atom. The molecule has 7 heavy (non-hydrogen) atoms. The lowest BCUT2D eigenvalue weighted by Gasteiger charge is -1.80. The van der Waals surface area contributed by atoms with Gasteiger partial charge in [-0.25, -0.2) is 4.58 Å². The van der Waals surface area contributed by atoms with Crippen LogP contribution in [0.5, 0.6) is 0 Å². The minimum absolute atomic E-state index is 1.15. The quantitative estimate of drug-likeness (QED) is 0.376. The molecule has 1 heterocycles. The summed E-state index contributed by atoms with van der Waals surface area (Å²) in [7, 11) is 2.06. The van der Waals surface area contributed by atoms with E-state index in [1.807, 2.05) is 11.8 Å². The maximum Gasteiger partial charge on any atom is 0.266 e. The molecule has 0 spiro atoms. The Bertz CT molecular complexity index is 96.3. The van der Waals surface area contributed by atoms with Gasteiger partial charge >= 0.3 is 0 Å². The summed E-state index contributed by atoms with van der Waals surface area (Å²) in [6.07, 6.45) is 0. The molecular formula is C4H8NS2+. The van der Waals surface area contributed by atoms with Crippen LogP contribution in [0, 0.1) is 0 Å². The second-order valence-electron chi connectivity index (χ2n) is 1.55. The Kier molecular flexibility index (Phi) is 1.65. The van der Waals surface area contributed by atoms with Gasteiger partial charge in [-0.2, -0.15) is 0 Å². The lowest BCUT2D eigenvalue weighted by Crippen LogP contribution is -2.03. The third kappa shape index (κ3) is 1.13. The normalized spacial score (nSPS) is 21.4. The van der Waals surface area contributed by atoms with E-state index in [1.165, 1.54) is 5.75 Å². The highest BCUT2D eigenvalue weighted by atomic mass is 32.2. The van der Waals surface area contributed by atoms with Gasteiger partial charge in [0.1, 0.15) is 7.05 Å². The van der Waals surface area contributed by atoms with Crippen molar-refractivity contribution >= 4 is 28.8 Å². The van der Waals surface area contributed by atoms with E-state index in [-0.39, 0.29) is 0 Å². The maximum atomic E-state index is 4.19. The molecule has 0 saturated carbocycles. The molecule has 0 bridgehead atoms. The van der Waals surface area contributed by atoms with Crippen molar-refractivity contribution in [3.8, 4) is 0 Å². The van der Waals surface area contributed by atoms with Crippen LogP contribution in [0.15, 0.2) is 0 Å². The van der Waals surface area contributed by atoms with Gasteiger partial charge < -0.3 is 0 Å². The summed E-state index contributed by atoms with van der Waals surface area (Å²) < 4.78 is 3.30. The predicted molar refractivity (Wildman–Crippen MR) is 37.5 cm³/mol. The lowest BCUT2D eigenvalue weighted by atomic mass is 10.7. The molecule has 1 aliphatic rings. The van der Waals surface area contributed by atoms with Crippen LogP contribution in [-0.2, 0) is 0 Å². The second-order valence-corrected chi connectivity index (χ2v) is 3.36. The smallest absolute Gasteiger partial charge is 0.221 e. The number of hydrogen-bond donors (Lipinski definition) is 1. The fourth-order valence-corrected chi connectivity index (χ4v) is 1.71. The minimum Gasteiger partial charge on any atom is -0.221 e. The van der Waals surface area contributed by atoms with Crippen molar-refractivity contribution < 1.29 is 4.58 Å². The topological polar surface area (TPSA) is 3.01 Å². The van der Waals surface area contributed by atoms with Crippen molar-refractivity contribution in [2.24, 2.45) is 0 Å². The summed E-state index contributed by atoms with van der Waals surface area (Å²) in [6, 6.07) is 0. The fourth-order valence-electron chi connectivity index (χ4n) is 0.480. The van der Waals surface area contributed by atoms with Crippen LogP contribution >= 0.6 is 24.4 Å². The van der Waals surface area contributed by atoms with Crippen LogP contribution in [0.25, 0.3) is 0 Å². The first kappa shape index (κ1) is 5.51. The molecule has 0 fully saturated rings. The summed E-state index contributed by atoms with van der Waals surface area (Å²) in [6.45, 7) is 1.16. The standard InChI is InChI=1S/C4H7NS2/c1-5-2-3-7-4(5)6/h2-3H2,1H3/p+1. The Morgan fingerprint density at radius 3 is 2.71 bits per heavy atom. The molecule has 0 amide bonds. The van der Waals surface area contributed by atoms with Crippen LogP contribution in [0.1, 0.15) is 0 Å². The fraction of sp³-hybridized carbons (Fsp3) is 0.750. The maximum absolute atomic E-state index is 4.19. The third-order valence-electron chi connectivity index (χ3n) is 0.984. The van der Waals surface area contributed by atoms with Gasteiger partial charge in [0.2, 0.25) is 0 Å². The molecule has 3 heteroatoms. The van der Waals surface area contributed by atoms with Crippen molar-refractivity contribution in [1.29, 1.82) is 0 Å². The SMILES string of the molecule is C[N+]1=C(S)SCC1. The highest BCUT2D eigenvalue weighted by molar-refractivity contribution is 8.32. The molecule has 0 N–H and O–H groups in total. The van der Waals surface area contributed by atoms with E-state index in [0.717, 1.165) is 10.9 Å². The molecule has 0 aliphatic carbocycles.